The summed E-state index contributed by atoms with van der Waals surface area (Å²) in [6.45, 7) is 5.42. The van der Waals surface area contributed by atoms with Gasteiger partial charge in [-0.15, -0.1) is 0 Å². The second kappa shape index (κ2) is 11.0. The largest absolute Gasteiger partial charge is 0.480 e. The lowest BCUT2D eigenvalue weighted by atomic mass is 9.53. The fourth-order valence-electron chi connectivity index (χ4n) is 8.05. The molecule has 4 aliphatic rings. The number of likely N-dealkylation sites (tertiary alicyclic amines) is 1. The van der Waals surface area contributed by atoms with Crippen LogP contribution < -0.4 is 16.0 Å². The van der Waals surface area contributed by atoms with Crippen molar-refractivity contribution in [2.24, 2.45) is 5.41 Å². The lowest BCUT2D eigenvalue weighted by Gasteiger charge is -2.50. The van der Waals surface area contributed by atoms with E-state index in [9.17, 15) is 14.4 Å². The smallest absolute Gasteiger partial charge is 0.317 e. The molecule has 1 aromatic carbocycles. The van der Waals surface area contributed by atoms with E-state index < -0.39 is 34.7 Å². The summed E-state index contributed by atoms with van der Waals surface area (Å²) in [5, 5.41) is 19.2. The Bertz CT molecular complexity index is 1470. The van der Waals surface area contributed by atoms with Gasteiger partial charge in [-0.3, -0.25) is 24.6 Å². The van der Waals surface area contributed by atoms with Crippen LogP contribution in [0, 0.1) is 11.2 Å². The van der Waals surface area contributed by atoms with Crippen molar-refractivity contribution in [1.29, 1.82) is 0 Å². The molecule has 3 atom stereocenters. The normalized spacial score (nSPS) is 28.2. The maximum atomic E-state index is 16.0. The van der Waals surface area contributed by atoms with Gasteiger partial charge >= 0.3 is 5.97 Å². The van der Waals surface area contributed by atoms with Crippen molar-refractivity contribution in [2.45, 2.75) is 81.3 Å². The van der Waals surface area contributed by atoms with Gasteiger partial charge in [0.2, 0.25) is 11.8 Å². The van der Waals surface area contributed by atoms with E-state index in [2.05, 4.69) is 34.8 Å². The summed E-state index contributed by atoms with van der Waals surface area (Å²) in [6, 6.07) is 5.63. The van der Waals surface area contributed by atoms with Crippen LogP contribution in [0.2, 0.25) is 10.2 Å². The molecule has 2 spiro atoms. The maximum absolute atomic E-state index is 16.0. The SMILES string of the molecule is CC1(C)CCC2(CC1)N[C@@H](C(=O)NC1CCN(CC(=O)O)CC1)[C@H](c1ccnc(Cl)c1F)[C@]21C(=O)Nc2cc(Cl)ccc21. The van der Waals surface area contributed by atoms with Gasteiger partial charge in [-0.05, 0) is 73.3 Å². The van der Waals surface area contributed by atoms with Crippen molar-refractivity contribution in [3.63, 3.8) is 0 Å². The minimum absolute atomic E-state index is 0.0387. The van der Waals surface area contributed by atoms with Crippen molar-refractivity contribution in [2.75, 3.05) is 25.0 Å². The molecular weight excluding hydrogens is 596 g/mol. The Morgan fingerprint density at radius 1 is 1.14 bits per heavy atom. The Balaban J connectivity index is 1.46. The van der Waals surface area contributed by atoms with Crippen molar-refractivity contribution in [1.82, 2.24) is 20.5 Å². The van der Waals surface area contributed by atoms with Crippen LogP contribution in [0.15, 0.2) is 30.5 Å². The Morgan fingerprint density at radius 3 is 2.51 bits per heavy atom. The van der Waals surface area contributed by atoms with Gasteiger partial charge in [-0.25, -0.2) is 9.37 Å². The number of hydrogen-bond donors (Lipinski definition) is 4. The number of aromatic nitrogens is 1. The van der Waals surface area contributed by atoms with E-state index in [0.717, 1.165) is 12.8 Å². The molecule has 0 unspecified atom stereocenters. The van der Waals surface area contributed by atoms with E-state index >= 15 is 4.39 Å². The van der Waals surface area contributed by atoms with Crippen LogP contribution >= 0.6 is 23.2 Å². The van der Waals surface area contributed by atoms with E-state index in [4.69, 9.17) is 28.3 Å². The zero-order chi connectivity index (χ0) is 30.7. The summed E-state index contributed by atoms with van der Waals surface area (Å²) in [4.78, 5) is 45.8. The third-order valence-corrected chi connectivity index (χ3v) is 10.7. The van der Waals surface area contributed by atoms with E-state index in [0.29, 0.717) is 55.0 Å². The number of amides is 2. The Kier molecular flexibility index (Phi) is 7.72. The zero-order valence-electron chi connectivity index (χ0n) is 24.2. The number of rotatable bonds is 5. The number of carboxylic acids is 1. The molecule has 4 N–H and O–H groups in total. The van der Waals surface area contributed by atoms with Crippen LogP contribution in [0.3, 0.4) is 0 Å². The molecule has 1 aromatic heterocycles. The van der Waals surface area contributed by atoms with E-state index in [1.54, 1.807) is 12.1 Å². The highest BCUT2D eigenvalue weighted by Crippen LogP contribution is 2.64. The molecule has 4 heterocycles. The third kappa shape index (κ3) is 5.00. The number of aliphatic carboxylic acids is 1. The highest BCUT2D eigenvalue weighted by molar-refractivity contribution is 6.31. The van der Waals surface area contributed by atoms with E-state index in [1.807, 2.05) is 11.0 Å². The molecule has 2 aromatic rings. The number of hydrogen-bond acceptors (Lipinski definition) is 6. The third-order valence-electron chi connectivity index (χ3n) is 10.2. The highest BCUT2D eigenvalue weighted by Gasteiger charge is 2.73. The minimum atomic E-state index is -1.33. The monoisotopic (exact) mass is 631 g/mol. The first kappa shape index (κ1) is 30.2. The number of fused-ring (bicyclic) bond motifs is 3. The minimum Gasteiger partial charge on any atom is -0.480 e. The van der Waals surface area contributed by atoms with Crippen LogP contribution in [0.1, 0.15) is 69.4 Å². The number of carboxylic acid groups (broad SMARTS) is 1. The fourth-order valence-corrected chi connectivity index (χ4v) is 8.38. The van der Waals surface area contributed by atoms with Crippen LogP contribution in [0.4, 0.5) is 10.1 Å². The second-order valence-corrected chi connectivity index (χ2v) is 14.1. The molecule has 12 heteroatoms. The maximum Gasteiger partial charge on any atom is 0.317 e. The molecule has 230 valence electrons. The molecule has 3 fully saturated rings. The van der Waals surface area contributed by atoms with Gasteiger partial charge in [0, 0.05) is 47.5 Å². The van der Waals surface area contributed by atoms with Crippen LogP contribution in [0.25, 0.3) is 0 Å². The van der Waals surface area contributed by atoms with Crippen molar-refractivity contribution in [3.8, 4) is 0 Å². The van der Waals surface area contributed by atoms with Gasteiger partial charge in [0.15, 0.2) is 11.0 Å². The summed E-state index contributed by atoms with van der Waals surface area (Å²) in [6.07, 6.45) is 5.39. The number of pyridine rings is 1. The van der Waals surface area contributed by atoms with E-state index in [-0.39, 0.29) is 40.5 Å². The molecule has 3 aliphatic heterocycles. The van der Waals surface area contributed by atoms with Gasteiger partial charge in [-0.1, -0.05) is 43.1 Å². The van der Waals surface area contributed by atoms with E-state index in [1.165, 1.54) is 12.3 Å². The number of nitrogens with one attached hydrogen (secondary N) is 3. The van der Waals surface area contributed by atoms with Gasteiger partial charge < -0.3 is 15.7 Å². The lowest BCUT2D eigenvalue weighted by molar-refractivity contribution is -0.138. The topological polar surface area (TPSA) is 124 Å². The molecule has 2 amide bonds. The van der Waals surface area contributed by atoms with Gasteiger partial charge in [0.05, 0.1) is 12.6 Å². The molecule has 43 heavy (non-hydrogen) atoms. The fraction of sp³-hybridized carbons (Fsp3) is 0.548. The van der Waals surface area contributed by atoms with Gasteiger partial charge in [0.25, 0.3) is 0 Å². The van der Waals surface area contributed by atoms with Crippen LogP contribution in [-0.2, 0) is 19.8 Å². The van der Waals surface area contributed by atoms with Crippen molar-refractivity contribution >= 4 is 46.7 Å². The predicted molar refractivity (Wildman–Crippen MR) is 161 cm³/mol. The standard InChI is InChI=1S/C31H36Cl2FN5O4/c1-29(2)8-10-30(11-9-29)31(20-4-3-17(32)15-21(20)37-28(31)43)23(19-5-12-35-26(33)24(19)34)25(38-30)27(42)36-18-6-13-39(14-7-18)16-22(40)41/h3-5,12,15,18,23,25,38H,6-11,13-14,16H2,1-2H3,(H,36,42)(H,37,43)(H,40,41)/t23-,25+,31+/m0/s1. The number of nitrogens with zero attached hydrogens (tertiary/aromatic N) is 2. The lowest BCUT2D eigenvalue weighted by Crippen LogP contribution is -2.61. The first-order chi connectivity index (χ1) is 20.4. The molecule has 2 saturated heterocycles. The molecule has 1 aliphatic carbocycles. The molecular formula is C31H36Cl2FN5O4. The van der Waals surface area contributed by atoms with Crippen LogP contribution in [-0.4, -0.2) is 70.0 Å². The van der Waals surface area contributed by atoms with Crippen molar-refractivity contribution in [3.05, 3.63) is 57.6 Å². The van der Waals surface area contributed by atoms with Gasteiger partial charge in [-0.2, -0.15) is 0 Å². The van der Waals surface area contributed by atoms with Gasteiger partial charge in [0.1, 0.15) is 5.41 Å². The Morgan fingerprint density at radius 2 is 1.84 bits per heavy atom. The zero-order valence-corrected chi connectivity index (χ0v) is 25.7. The predicted octanol–water partition coefficient (Wildman–Crippen LogP) is 4.48. The molecule has 1 saturated carbocycles. The number of carbonyl (C=O) groups excluding carboxylic acids is 2. The van der Waals surface area contributed by atoms with Crippen molar-refractivity contribution < 1.29 is 23.9 Å². The summed E-state index contributed by atoms with van der Waals surface area (Å²) in [5.74, 6) is -3.21. The average Bonchev–Trinajstić information content (AvgIpc) is 3.40. The number of carbonyl (C=O) groups is 3. The van der Waals surface area contributed by atoms with Crippen LogP contribution in [0.5, 0.6) is 0 Å². The first-order valence-electron chi connectivity index (χ1n) is 14.8. The Labute approximate surface area is 259 Å². The average molecular weight is 633 g/mol. The second-order valence-electron chi connectivity index (χ2n) is 13.3. The molecule has 9 nitrogen and oxygen atoms in total. The molecule has 6 rings (SSSR count). The number of anilines is 1. The number of piperidine rings is 1. The number of benzene rings is 1. The summed E-state index contributed by atoms with van der Waals surface area (Å²) in [7, 11) is 0. The summed E-state index contributed by atoms with van der Waals surface area (Å²) < 4.78 is 16.0. The first-order valence-corrected chi connectivity index (χ1v) is 15.6. The highest BCUT2D eigenvalue weighted by atomic mass is 35.5. The molecule has 0 bridgehead atoms. The summed E-state index contributed by atoms with van der Waals surface area (Å²) >= 11 is 12.6. The quantitative estimate of drug-likeness (QED) is 0.359. The molecule has 0 radical (unpaired) electrons. The Hall–Kier alpha value is -2.79. The summed E-state index contributed by atoms with van der Waals surface area (Å²) in [5.41, 5.74) is -0.752. The number of halogens is 3.